The molecule has 9 rings (SSSR count). The zero-order valence-electron chi connectivity index (χ0n) is 50.0. The number of nitrogen functional groups attached to an aromatic ring is 1. The summed E-state index contributed by atoms with van der Waals surface area (Å²) in [7, 11) is -17.7. The van der Waals surface area contributed by atoms with Crippen molar-refractivity contribution in [2.45, 2.75) is 108 Å². The van der Waals surface area contributed by atoms with Gasteiger partial charge in [-0.15, -0.1) is 0 Å². The van der Waals surface area contributed by atoms with Crippen LogP contribution in [0.1, 0.15) is 99.8 Å². The molecule has 2 aromatic heterocycles. The van der Waals surface area contributed by atoms with E-state index < -0.39 is 98.2 Å². The monoisotopic (exact) mass is 1330 g/mol. The van der Waals surface area contributed by atoms with Crippen molar-refractivity contribution in [3.8, 4) is 5.75 Å². The van der Waals surface area contributed by atoms with E-state index in [2.05, 4.69) is 35.1 Å². The predicted octanol–water partition coefficient (Wildman–Crippen LogP) is 6.72. The van der Waals surface area contributed by atoms with Gasteiger partial charge in [0.1, 0.15) is 24.1 Å². The quantitative estimate of drug-likeness (QED) is 0.0166. The summed E-state index contributed by atoms with van der Waals surface area (Å²) in [5, 5.41) is 16.1. The van der Waals surface area contributed by atoms with Gasteiger partial charge < -0.3 is 31.1 Å². The number of carboxylic acids is 1. The Morgan fingerprint density at radius 3 is 2.21 bits per heavy atom. The van der Waals surface area contributed by atoms with E-state index in [9.17, 15) is 71.4 Å². The van der Waals surface area contributed by atoms with Gasteiger partial charge in [-0.05, 0) is 154 Å². The van der Waals surface area contributed by atoms with E-state index in [0.29, 0.717) is 89.6 Å². The lowest BCUT2D eigenvalue weighted by Gasteiger charge is -2.27. The second kappa shape index (κ2) is 26.5. The van der Waals surface area contributed by atoms with Gasteiger partial charge >= 0.3 is 5.97 Å². The average molecular weight is 1330 g/mol. The van der Waals surface area contributed by atoms with Crippen LogP contribution in [0.3, 0.4) is 0 Å². The van der Waals surface area contributed by atoms with Crippen molar-refractivity contribution in [1.29, 1.82) is 0 Å². The summed E-state index contributed by atoms with van der Waals surface area (Å²) in [6, 6.07) is 15.4. The number of aromatic nitrogens is 4. The number of unbranched alkanes of at least 4 members (excludes halogenated alkanes) is 2. The Morgan fingerprint density at radius 1 is 0.857 bits per heavy atom. The first-order valence-corrected chi connectivity index (χ1v) is 35.1. The number of nitrogens with one attached hydrogen (secondary N) is 3. The number of carboxylic acid groups (broad SMARTS) is 1. The van der Waals surface area contributed by atoms with Crippen LogP contribution in [0, 0.1) is 11.3 Å². The highest BCUT2D eigenvalue weighted by atomic mass is 32.2. The van der Waals surface area contributed by atoms with Crippen molar-refractivity contribution >= 4 is 86.5 Å². The summed E-state index contributed by atoms with van der Waals surface area (Å²) >= 11 is 0. The van der Waals surface area contributed by atoms with Crippen LogP contribution >= 0.6 is 0 Å². The molecular formula is C61H70N9O17S4+. The molecule has 4 heterocycles. The fourth-order valence-electron chi connectivity index (χ4n) is 11.9. The third-order valence-electron chi connectivity index (χ3n) is 16.5. The number of ether oxygens (including phenoxy) is 1. The number of hydrogen-bond acceptors (Lipinski definition) is 18. The second-order valence-corrected chi connectivity index (χ2v) is 29.6. The van der Waals surface area contributed by atoms with E-state index in [-0.39, 0.29) is 64.8 Å². The summed E-state index contributed by atoms with van der Waals surface area (Å²) < 4.78 is 145. The van der Waals surface area contributed by atoms with Crippen LogP contribution in [-0.2, 0) is 63.6 Å². The third kappa shape index (κ3) is 16.1. The number of allylic oxidation sites excluding steroid dienone is 8. The maximum absolute atomic E-state index is 13.5. The van der Waals surface area contributed by atoms with E-state index in [0.717, 1.165) is 11.3 Å². The number of carbonyl (C=O) groups is 2. The number of carbonyl (C=O) groups excluding carboxylic acids is 1. The van der Waals surface area contributed by atoms with E-state index in [1.807, 2.05) is 56.9 Å². The van der Waals surface area contributed by atoms with Crippen molar-refractivity contribution in [2.24, 2.45) is 11.3 Å². The SMILES string of the molecule is CC1(C)C(=CC=C2CCCC(C=CC3=[N+](CCCCS(=O)(=O)O)C4C=CC(S(=O)(=O)O)=CC4C3(C)C)=C2Oc2ccc(CC(NC(=O)c3ccc(NCc4cnc5nc(N)[nH]c(=O)c5n4)cc3)C(=O)O)cc2)N(CCCCS(=O)(=O)O)c2ccc(S(=O)(=O)O)cc21. The first kappa shape index (κ1) is 67.2. The number of benzene rings is 3. The van der Waals surface area contributed by atoms with Crippen molar-refractivity contribution in [1.82, 2.24) is 25.3 Å². The summed E-state index contributed by atoms with van der Waals surface area (Å²) in [6.07, 6.45) is 15.9. The van der Waals surface area contributed by atoms with E-state index >= 15 is 0 Å². The minimum Gasteiger partial charge on any atom is -0.480 e. The van der Waals surface area contributed by atoms with Crippen molar-refractivity contribution in [3.63, 3.8) is 0 Å². The van der Waals surface area contributed by atoms with Gasteiger partial charge in [-0.2, -0.15) is 38.7 Å². The highest BCUT2D eigenvalue weighted by Gasteiger charge is 2.53. The molecular weight excluding hydrogens is 1260 g/mol. The molecule has 2 aliphatic heterocycles. The highest BCUT2D eigenvalue weighted by Crippen LogP contribution is 2.49. The molecule has 0 radical (unpaired) electrons. The lowest BCUT2D eigenvalue weighted by atomic mass is 9.73. The lowest BCUT2D eigenvalue weighted by molar-refractivity contribution is -0.550. The third-order valence-corrected chi connectivity index (χ3v) is 19.9. The van der Waals surface area contributed by atoms with Gasteiger partial charge in [0, 0.05) is 53.5 Å². The number of rotatable bonds is 25. The second-order valence-electron chi connectivity index (χ2n) is 23.7. The fraction of sp³-hybridized carbons (Fsp3) is 0.361. The number of anilines is 3. The van der Waals surface area contributed by atoms with Gasteiger partial charge in [0.2, 0.25) is 5.95 Å². The Bertz CT molecular complexity index is 4480. The topological polar surface area (TPSA) is 409 Å². The Morgan fingerprint density at radius 2 is 1.55 bits per heavy atom. The summed E-state index contributed by atoms with van der Waals surface area (Å²) in [4.78, 5) is 54.7. The molecule has 30 heteroatoms. The zero-order chi connectivity index (χ0) is 66.0. The number of aromatic amines is 1. The molecule has 26 nitrogen and oxygen atoms in total. The van der Waals surface area contributed by atoms with Crippen molar-refractivity contribution in [2.75, 3.05) is 40.5 Å². The molecule has 0 saturated heterocycles. The maximum Gasteiger partial charge on any atom is 0.326 e. The molecule has 5 aromatic rings. The van der Waals surface area contributed by atoms with Crippen LogP contribution in [0.5, 0.6) is 5.75 Å². The Labute approximate surface area is 526 Å². The van der Waals surface area contributed by atoms with Gasteiger partial charge in [0.05, 0.1) is 51.1 Å². The molecule has 484 valence electrons. The molecule has 91 heavy (non-hydrogen) atoms. The molecule has 10 N–H and O–H groups in total. The molecule has 3 unspecified atom stereocenters. The smallest absolute Gasteiger partial charge is 0.326 e. The zero-order valence-corrected chi connectivity index (χ0v) is 53.2. The van der Waals surface area contributed by atoms with Gasteiger partial charge in [-0.25, -0.2) is 19.3 Å². The van der Waals surface area contributed by atoms with Gasteiger partial charge in [0.25, 0.3) is 51.9 Å². The van der Waals surface area contributed by atoms with Gasteiger partial charge in [0.15, 0.2) is 22.9 Å². The van der Waals surface area contributed by atoms with Crippen LogP contribution < -0.4 is 31.6 Å². The van der Waals surface area contributed by atoms with E-state index in [4.69, 9.17) is 10.5 Å². The highest BCUT2D eigenvalue weighted by molar-refractivity contribution is 7.90. The number of fused-ring (bicyclic) bond motifs is 3. The van der Waals surface area contributed by atoms with Crippen LogP contribution in [0.25, 0.3) is 11.2 Å². The first-order valence-electron chi connectivity index (χ1n) is 29.0. The number of amides is 1. The largest absolute Gasteiger partial charge is 0.480 e. The Balaban J connectivity index is 1.02. The fourth-order valence-corrected chi connectivity index (χ4v) is 14.1. The Hall–Kier alpha value is -8.23. The molecule has 0 bridgehead atoms. The number of H-pyrrole nitrogens is 1. The molecule has 0 fully saturated rings. The summed E-state index contributed by atoms with van der Waals surface area (Å²) in [6.45, 7) is 8.37. The number of aliphatic carboxylic acids is 1. The van der Waals surface area contributed by atoms with E-state index in [1.54, 1.807) is 48.5 Å². The molecule has 3 atom stereocenters. The molecule has 0 saturated carbocycles. The van der Waals surface area contributed by atoms with Crippen LogP contribution in [0.4, 0.5) is 17.3 Å². The predicted molar refractivity (Wildman–Crippen MR) is 340 cm³/mol. The van der Waals surface area contributed by atoms with Crippen molar-refractivity contribution < 1.29 is 75.9 Å². The number of nitrogens with two attached hydrogens (primary N) is 1. The molecule has 2 aliphatic carbocycles. The van der Waals surface area contributed by atoms with E-state index in [1.165, 1.54) is 42.6 Å². The normalized spacial score (nSPS) is 19.5. The van der Waals surface area contributed by atoms with Crippen LogP contribution in [0.15, 0.2) is 153 Å². The van der Waals surface area contributed by atoms with Gasteiger partial charge in [-0.1, -0.05) is 38.1 Å². The minimum absolute atomic E-state index is 0.0137. The van der Waals surface area contributed by atoms with Crippen LogP contribution in [0.2, 0.25) is 0 Å². The van der Waals surface area contributed by atoms with Crippen LogP contribution in [-0.4, -0.2) is 136 Å². The number of hydrogen-bond donors (Lipinski definition) is 9. The lowest BCUT2D eigenvalue weighted by Crippen LogP contribution is -2.42. The first-order chi connectivity index (χ1) is 42.7. The standard InChI is InChI=1S/C61H69N9O17S4/c1-60(2)46-33-44(90(81,82)83)22-24-49(46)69(28-5-7-30-88(75,76)77)51(60)26-16-38-10-9-11-39(17-27-52-61(3,4)47-34-45(91(84,85)86)23-25-50(47)70(52)29-6-8-31-89(78,79)80)54(38)87-43-20-12-37(13-21-43)32-48(58(73)74)66-56(71)40-14-18-41(19-15-40)63-35-42-36-64-55-53(65-42)57(72)68-59(62)67-55/h12-27,33-34,36,46,48-49H,5-11,28-32,35H2,1-4H3,(H9-,62,63,64,66,67,68,71,72,73,74,75,76,77,78,79,80,81,82,83,84,85,86)/p+1. The maximum atomic E-state index is 13.5. The minimum atomic E-state index is -4.62. The Kier molecular flexibility index (Phi) is 19.6. The average Bonchev–Trinajstić information content (AvgIpc) is 1.60. The van der Waals surface area contributed by atoms with Gasteiger partial charge in [-0.3, -0.25) is 32.8 Å². The summed E-state index contributed by atoms with van der Waals surface area (Å²) in [5.41, 5.74) is 9.27. The molecule has 1 amide bonds. The molecule has 0 spiro atoms. The number of nitrogens with zero attached hydrogens (tertiary/aromatic N) is 5. The summed E-state index contributed by atoms with van der Waals surface area (Å²) in [5.74, 6) is -2.66. The molecule has 4 aliphatic rings. The van der Waals surface area contributed by atoms with Crippen molar-refractivity contribution in [3.05, 3.63) is 176 Å². The molecule has 3 aromatic carbocycles.